The molecule has 0 aromatic carbocycles. The van der Waals surface area contributed by atoms with Crippen LogP contribution < -0.4 is 5.56 Å². The highest BCUT2D eigenvalue weighted by atomic mass is 32.1. The lowest BCUT2D eigenvalue weighted by atomic mass is 10.1. The molecule has 0 N–H and O–H groups in total. The van der Waals surface area contributed by atoms with E-state index in [-0.39, 0.29) is 11.5 Å². The molecule has 6 nitrogen and oxygen atoms in total. The Morgan fingerprint density at radius 2 is 2.18 bits per heavy atom. The van der Waals surface area contributed by atoms with Crippen LogP contribution in [0.1, 0.15) is 25.7 Å². The molecule has 0 unspecified atom stereocenters. The van der Waals surface area contributed by atoms with Crippen molar-refractivity contribution >= 4 is 38.8 Å². The van der Waals surface area contributed by atoms with Crippen LogP contribution in [0.5, 0.6) is 0 Å². The van der Waals surface area contributed by atoms with Gasteiger partial charge in [-0.3, -0.25) is 19.1 Å². The van der Waals surface area contributed by atoms with Gasteiger partial charge < -0.3 is 4.90 Å². The second-order valence-corrected chi connectivity index (χ2v) is 8.71. The molecule has 8 heteroatoms. The Bertz CT molecular complexity index is 1210. The predicted molar refractivity (Wildman–Crippen MR) is 110 cm³/mol. The maximum absolute atomic E-state index is 13.1. The van der Waals surface area contributed by atoms with Crippen molar-refractivity contribution < 1.29 is 4.79 Å². The highest BCUT2D eigenvalue weighted by Crippen LogP contribution is 2.33. The number of hydrogen-bond donors (Lipinski definition) is 0. The molecule has 0 atom stereocenters. The van der Waals surface area contributed by atoms with E-state index < -0.39 is 0 Å². The van der Waals surface area contributed by atoms with Gasteiger partial charge in [-0.25, -0.2) is 4.98 Å². The molecule has 5 heterocycles. The Labute approximate surface area is 168 Å². The van der Waals surface area contributed by atoms with E-state index in [0.717, 1.165) is 25.7 Å². The number of amides is 1. The molecule has 28 heavy (non-hydrogen) atoms. The van der Waals surface area contributed by atoms with Crippen LogP contribution in [0.15, 0.2) is 53.2 Å². The monoisotopic (exact) mass is 408 g/mol. The van der Waals surface area contributed by atoms with Crippen LogP contribution in [0.2, 0.25) is 0 Å². The van der Waals surface area contributed by atoms with Gasteiger partial charge in [0.15, 0.2) is 0 Å². The van der Waals surface area contributed by atoms with Crippen LogP contribution in [0.25, 0.3) is 10.2 Å². The van der Waals surface area contributed by atoms with Gasteiger partial charge >= 0.3 is 0 Å². The molecular weight excluding hydrogens is 392 g/mol. The molecule has 4 aromatic rings. The van der Waals surface area contributed by atoms with E-state index in [0.29, 0.717) is 31.4 Å². The Hall–Kier alpha value is -2.84. The zero-order valence-electron chi connectivity index (χ0n) is 14.9. The van der Waals surface area contributed by atoms with E-state index in [1.807, 2.05) is 34.5 Å². The Kier molecular flexibility index (Phi) is 4.29. The zero-order valence-corrected chi connectivity index (χ0v) is 16.5. The van der Waals surface area contributed by atoms with Crippen molar-refractivity contribution in [1.29, 1.82) is 0 Å². The van der Waals surface area contributed by atoms with Crippen molar-refractivity contribution in [2.24, 2.45) is 0 Å². The molecule has 0 radical (unpaired) electrons. The number of aromatic nitrogens is 3. The quantitative estimate of drug-likeness (QED) is 0.522. The molecule has 0 fully saturated rings. The normalized spacial score (nSPS) is 13.6. The predicted octanol–water partition coefficient (Wildman–Crippen LogP) is 3.16. The summed E-state index contributed by atoms with van der Waals surface area (Å²) in [7, 11) is 0. The van der Waals surface area contributed by atoms with Crippen molar-refractivity contribution in [3.63, 3.8) is 0 Å². The van der Waals surface area contributed by atoms with Gasteiger partial charge in [0.05, 0.1) is 29.7 Å². The van der Waals surface area contributed by atoms with E-state index in [2.05, 4.69) is 9.97 Å². The van der Waals surface area contributed by atoms with Crippen molar-refractivity contribution in [3.8, 4) is 0 Å². The van der Waals surface area contributed by atoms with Gasteiger partial charge in [-0.2, -0.15) is 0 Å². The fourth-order valence-electron chi connectivity index (χ4n) is 3.55. The topological polar surface area (TPSA) is 68.1 Å². The lowest BCUT2D eigenvalue weighted by Crippen LogP contribution is -2.35. The summed E-state index contributed by atoms with van der Waals surface area (Å²) < 4.78 is 1.63. The summed E-state index contributed by atoms with van der Waals surface area (Å²) in [6.07, 6.45) is 5.76. The molecule has 0 saturated heterocycles. The van der Waals surface area contributed by atoms with E-state index >= 15 is 0 Å². The van der Waals surface area contributed by atoms with Gasteiger partial charge in [-0.15, -0.1) is 22.7 Å². The number of pyridine rings is 1. The molecule has 5 rings (SSSR count). The summed E-state index contributed by atoms with van der Waals surface area (Å²) in [4.78, 5) is 38.8. The molecule has 0 aliphatic carbocycles. The third-order valence-corrected chi connectivity index (χ3v) is 6.90. The molecule has 0 saturated carbocycles. The Morgan fingerprint density at radius 3 is 2.96 bits per heavy atom. The fourth-order valence-corrected chi connectivity index (χ4v) is 5.43. The molecule has 0 bridgehead atoms. The first kappa shape index (κ1) is 17.3. The van der Waals surface area contributed by atoms with Gasteiger partial charge in [-0.05, 0) is 35.1 Å². The van der Waals surface area contributed by atoms with Crippen molar-refractivity contribution in [2.45, 2.75) is 19.5 Å². The van der Waals surface area contributed by atoms with E-state index in [9.17, 15) is 9.59 Å². The average Bonchev–Trinajstić information content (AvgIpc) is 3.38. The standard InChI is InChI=1S/C20H16N4O2S2/c25-19(15-4-2-8-27-15)23-7-5-14-16(11-23)28-18-17(14)20(26)24(12-22-18)10-13-3-1-6-21-9-13/h1-4,6,8-9,12H,5,7,10-11H2. The van der Waals surface area contributed by atoms with Gasteiger partial charge in [0, 0.05) is 23.8 Å². The summed E-state index contributed by atoms with van der Waals surface area (Å²) in [5, 5.41) is 2.62. The number of thiophene rings is 2. The minimum atomic E-state index is -0.0237. The maximum Gasteiger partial charge on any atom is 0.264 e. The number of fused-ring (bicyclic) bond motifs is 3. The summed E-state index contributed by atoms with van der Waals surface area (Å²) in [6.45, 7) is 1.60. The second-order valence-electron chi connectivity index (χ2n) is 6.68. The zero-order chi connectivity index (χ0) is 19.1. The minimum absolute atomic E-state index is 0.0237. The number of hydrogen-bond acceptors (Lipinski definition) is 6. The van der Waals surface area contributed by atoms with Gasteiger partial charge in [0.25, 0.3) is 11.5 Å². The van der Waals surface area contributed by atoms with Gasteiger partial charge in [0.2, 0.25) is 0 Å². The smallest absolute Gasteiger partial charge is 0.264 e. The van der Waals surface area contributed by atoms with E-state index in [4.69, 9.17) is 0 Å². The second kappa shape index (κ2) is 6.96. The van der Waals surface area contributed by atoms with Crippen molar-refractivity contribution in [1.82, 2.24) is 19.4 Å². The molecule has 0 spiro atoms. The third-order valence-electron chi connectivity index (χ3n) is 4.92. The Morgan fingerprint density at radius 1 is 1.25 bits per heavy atom. The number of carbonyl (C=O) groups excluding carboxylic acids is 1. The number of carbonyl (C=O) groups is 1. The summed E-state index contributed by atoms with van der Waals surface area (Å²) >= 11 is 2.98. The van der Waals surface area contributed by atoms with Crippen molar-refractivity contribution in [2.75, 3.05) is 6.54 Å². The van der Waals surface area contributed by atoms with Gasteiger partial charge in [0.1, 0.15) is 4.83 Å². The largest absolute Gasteiger partial charge is 0.332 e. The maximum atomic E-state index is 13.1. The molecular formula is C20H16N4O2S2. The average molecular weight is 409 g/mol. The minimum Gasteiger partial charge on any atom is -0.332 e. The molecule has 4 aromatic heterocycles. The molecule has 1 aliphatic rings. The molecule has 1 aliphatic heterocycles. The van der Waals surface area contributed by atoms with Crippen LogP contribution >= 0.6 is 22.7 Å². The number of rotatable bonds is 3. The lowest BCUT2D eigenvalue weighted by molar-refractivity contribution is 0.0742. The first-order chi connectivity index (χ1) is 13.7. The third kappa shape index (κ3) is 2.94. The lowest BCUT2D eigenvalue weighted by Gasteiger charge is -2.26. The fraction of sp³-hybridized carbons (Fsp3) is 0.200. The Balaban J connectivity index is 1.49. The molecule has 140 valence electrons. The summed E-state index contributed by atoms with van der Waals surface area (Å²) in [5.41, 5.74) is 1.99. The number of nitrogens with zero attached hydrogens (tertiary/aromatic N) is 4. The highest BCUT2D eigenvalue weighted by molar-refractivity contribution is 7.18. The van der Waals surface area contributed by atoms with E-state index in [1.165, 1.54) is 22.7 Å². The van der Waals surface area contributed by atoms with Crippen LogP contribution in [0.4, 0.5) is 0 Å². The van der Waals surface area contributed by atoms with Crippen LogP contribution in [-0.2, 0) is 19.5 Å². The van der Waals surface area contributed by atoms with E-state index in [1.54, 1.807) is 23.3 Å². The van der Waals surface area contributed by atoms with Crippen LogP contribution in [-0.4, -0.2) is 31.9 Å². The summed E-state index contributed by atoms with van der Waals surface area (Å²) in [6, 6.07) is 7.55. The first-order valence-corrected chi connectivity index (χ1v) is 10.6. The highest BCUT2D eigenvalue weighted by Gasteiger charge is 2.27. The first-order valence-electron chi connectivity index (χ1n) is 8.92. The summed E-state index contributed by atoms with van der Waals surface area (Å²) in [5.74, 6) is 0.0556. The SMILES string of the molecule is O=C(c1cccs1)N1CCc2c(sc3ncn(Cc4cccnc4)c(=O)c23)C1. The van der Waals surface area contributed by atoms with Crippen LogP contribution in [0.3, 0.4) is 0 Å². The van der Waals surface area contributed by atoms with Crippen molar-refractivity contribution in [3.05, 3.63) is 79.6 Å². The van der Waals surface area contributed by atoms with Crippen LogP contribution in [0, 0.1) is 0 Å². The van der Waals surface area contributed by atoms with Gasteiger partial charge in [-0.1, -0.05) is 12.1 Å². The molecule has 1 amide bonds.